The third-order valence-corrected chi connectivity index (χ3v) is 4.26. The Morgan fingerprint density at radius 2 is 1.11 bits per heavy atom. The number of hydrogen-bond donors (Lipinski definition) is 2. The molecule has 2 N–H and O–H groups in total. The van der Waals surface area contributed by atoms with Crippen LogP contribution in [-0.4, -0.2) is 37.1 Å². The molecule has 0 heterocycles. The summed E-state index contributed by atoms with van der Waals surface area (Å²) in [5.41, 5.74) is 1.94. The van der Waals surface area contributed by atoms with E-state index in [9.17, 15) is 9.59 Å². The van der Waals surface area contributed by atoms with Crippen molar-refractivity contribution in [3.8, 4) is 11.5 Å². The van der Waals surface area contributed by atoms with Crippen molar-refractivity contribution < 1.29 is 19.1 Å². The second kappa shape index (κ2) is 10.3. The molecule has 2 atom stereocenters. The van der Waals surface area contributed by atoms with Gasteiger partial charge in [-0.2, -0.15) is 0 Å². The SMILES string of the molecule is Cc1ccccc1O[C@@H](C)C(=O)NCCNC(=O)[C@H](C)Oc1ccccc1C. The molecule has 0 aliphatic rings. The van der Waals surface area contributed by atoms with Crippen LogP contribution in [0.3, 0.4) is 0 Å². The lowest BCUT2D eigenvalue weighted by atomic mass is 10.2. The van der Waals surface area contributed by atoms with Gasteiger partial charge in [0.1, 0.15) is 11.5 Å². The van der Waals surface area contributed by atoms with E-state index >= 15 is 0 Å². The predicted molar refractivity (Wildman–Crippen MR) is 109 cm³/mol. The largest absolute Gasteiger partial charge is 0.481 e. The second-order valence-corrected chi connectivity index (χ2v) is 6.63. The fourth-order valence-electron chi connectivity index (χ4n) is 2.52. The highest BCUT2D eigenvalue weighted by molar-refractivity contribution is 5.82. The highest BCUT2D eigenvalue weighted by Crippen LogP contribution is 2.18. The molecule has 0 bridgehead atoms. The normalized spacial score (nSPS) is 12.6. The van der Waals surface area contributed by atoms with Gasteiger partial charge in [0.15, 0.2) is 12.2 Å². The number of ether oxygens (including phenoxy) is 2. The van der Waals surface area contributed by atoms with E-state index in [2.05, 4.69) is 10.6 Å². The lowest BCUT2D eigenvalue weighted by Gasteiger charge is -2.17. The van der Waals surface area contributed by atoms with Crippen molar-refractivity contribution in [2.45, 2.75) is 39.9 Å². The zero-order valence-corrected chi connectivity index (χ0v) is 16.8. The summed E-state index contributed by atoms with van der Waals surface area (Å²) in [7, 11) is 0. The first-order valence-electron chi connectivity index (χ1n) is 9.38. The summed E-state index contributed by atoms with van der Waals surface area (Å²) in [6.45, 7) is 7.86. The zero-order valence-electron chi connectivity index (χ0n) is 16.8. The average molecular weight is 384 g/mol. The number of nitrogens with one attached hydrogen (secondary N) is 2. The van der Waals surface area contributed by atoms with Gasteiger partial charge < -0.3 is 20.1 Å². The lowest BCUT2D eigenvalue weighted by molar-refractivity contribution is -0.129. The summed E-state index contributed by atoms with van der Waals surface area (Å²) < 4.78 is 11.4. The molecule has 2 rings (SSSR count). The van der Waals surface area contributed by atoms with Crippen molar-refractivity contribution in [2.75, 3.05) is 13.1 Å². The van der Waals surface area contributed by atoms with E-state index in [4.69, 9.17) is 9.47 Å². The molecule has 0 fully saturated rings. The minimum Gasteiger partial charge on any atom is -0.481 e. The maximum Gasteiger partial charge on any atom is 0.260 e. The smallest absolute Gasteiger partial charge is 0.260 e. The number of para-hydroxylation sites is 2. The average Bonchev–Trinajstić information content (AvgIpc) is 2.68. The van der Waals surface area contributed by atoms with Crippen LogP contribution < -0.4 is 20.1 Å². The molecule has 0 spiro atoms. The number of carbonyl (C=O) groups is 2. The van der Waals surface area contributed by atoms with Crippen LogP contribution in [0.2, 0.25) is 0 Å². The molecule has 6 heteroatoms. The standard InChI is InChI=1S/C22H28N2O4/c1-15-9-5-7-11-19(15)27-17(3)21(25)23-13-14-24-22(26)18(4)28-20-12-8-6-10-16(20)2/h5-12,17-18H,13-14H2,1-4H3,(H,23,25)(H,24,26)/t17-,18-/m0/s1. The Morgan fingerprint density at radius 1 is 0.750 bits per heavy atom. The van der Waals surface area contributed by atoms with Crippen LogP contribution in [0.1, 0.15) is 25.0 Å². The molecule has 6 nitrogen and oxygen atoms in total. The summed E-state index contributed by atoms with van der Waals surface area (Å²) in [5.74, 6) is 0.893. The van der Waals surface area contributed by atoms with Gasteiger partial charge in [0.05, 0.1) is 0 Å². The van der Waals surface area contributed by atoms with Crippen LogP contribution >= 0.6 is 0 Å². The molecule has 0 aliphatic carbocycles. The van der Waals surface area contributed by atoms with Gasteiger partial charge in [-0.3, -0.25) is 9.59 Å². The molecule has 2 aromatic carbocycles. The summed E-state index contributed by atoms with van der Waals surface area (Å²) in [6, 6.07) is 15.1. The van der Waals surface area contributed by atoms with Gasteiger partial charge in [-0.05, 0) is 51.0 Å². The van der Waals surface area contributed by atoms with Crippen LogP contribution in [0.25, 0.3) is 0 Å². The lowest BCUT2D eigenvalue weighted by Crippen LogP contribution is -2.43. The topological polar surface area (TPSA) is 76.7 Å². The molecule has 0 radical (unpaired) electrons. The Morgan fingerprint density at radius 3 is 1.46 bits per heavy atom. The molecule has 28 heavy (non-hydrogen) atoms. The molecule has 2 amide bonds. The molecular formula is C22H28N2O4. The third-order valence-electron chi connectivity index (χ3n) is 4.26. The molecule has 0 unspecified atom stereocenters. The first-order chi connectivity index (χ1) is 13.4. The van der Waals surface area contributed by atoms with Gasteiger partial charge >= 0.3 is 0 Å². The number of rotatable bonds is 9. The van der Waals surface area contributed by atoms with Gasteiger partial charge in [-0.1, -0.05) is 36.4 Å². The Bertz CT molecular complexity index is 739. The van der Waals surface area contributed by atoms with Crippen molar-refractivity contribution in [3.05, 3.63) is 59.7 Å². The second-order valence-electron chi connectivity index (χ2n) is 6.63. The van der Waals surface area contributed by atoms with Crippen LogP contribution in [0, 0.1) is 13.8 Å². The Kier molecular flexibility index (Phi) is 7.87. The number of hydrogen-bond acceptors (Lipinski definition) is 4. The van der Waals surface area contributed by atoms with Crippen molar-refractivity contribution >= 4 is 11.8 Å². The van der Waals surface area contributed by atoms with Gasteiger partial charge in [0, 0.05) is 13.1 Å². The quantitative estimate of drug-likeness (QED) is 0.652. The summed E-state index contributed by atoms with van der Waals surface area (Å²) >= 11 is 0. The number of amides is 2. The molecular weight excluding hydrogens is 356 g/mol. The highest BCUT2D eigenvalue weighted by Gasteiger charge is 2.17. The van der Waals surface area contributed by atoms with Crippen molar-refractivity contribution in [3.63, 3.8) is 0 Å². The maximum atomic E-state index is 12.1. The Hall–Kier alpha value is -3.02. The fraction of sp³-hybridized carbons (Fsp3) is 0.364. The van der Waals surface area contributed by atoms with E-state index in [1.54, 1.807) is 13.8 Å². The van der Waals surface area contributed by atoms with Crippen LogP contribution in [0.15, 0.2) is 48.5 Å². The number of benzene rings is 2. The minimum absolute atomic E-state index is 0.235. The summed E-state index contributed by atoms with van der Waals surface area (Å²) in [6.07, 6.45) is -1.25. The van der Waals surface area contributed by atoms with E-state index in [0.717, 1.165) is 11.1 Å². The Balaban J connectivity index is 1.69. The molecule has 2 aromatic rings. The van der Waals surface area contributed by atoms with E-state index in [-0.39, 0.29) is 11.8 Å². The molecule has 0 aliphatic heterocycles. The van der Waals surface area contributed by atoms with Crippen molar-refractivity contribution in [2.24, 2.45) is 0 Å². The molecule has 150 valence electrons. The number of carbonyl (C=O) groups excluding carboxylic acids is 2. The minimum atomic E-state index is -0.625. The highest BCUT2D eigenvalue weighted by atomic mass is 16.5. The summed E-state index contributed by atoms with van der Waals surface area (Å²) in [5, 5.41) is 5.51. The molecule has 0 saturated heterocycles. The molecule has 0 saturated carbocycles. The van der Waals surface area contributed by atoms with E-state index in [0.29, 0.717) is 24.6 Å². The molecule has 0 aromatic heterocycles. The van der Waals surface area contributed by atoms with Gasteiger partial charge in [0.25, 0.3) is 11.8 Å². The first kappa shape index (κ1) is 21.3. The monoisotopic (exact) mass is 384 g/mol. The Labute approximate surface area is 166 Å². The van der Waals surface area contributed by atoms with Crippen LogP contribution in [-0.2, 0) is 9.59 Å². The van der Waals surface area contributed by atoms with Crippen LogP contribution in [0.4, 0.5) is 0 Å². The van der Waals surface area contributed by atoms with Crippen LogP contribution in [0.5, 0.6) is 11.5 Å². The fourth-order valence-corrected chi connectivity index (χ4v) is 2.52. The van der Waals surface area contributed by atoms with Gasteiger partial charge in [0.2, 0.25) is 0 Å². The first-order valence-corrected chi connectivity index (χ1v) is 9.38. The third kappa shape index (κ3) is 6.30. The van der Waals surface area contributed by atoms with Crippen molar-refractivity contribution in [1.29, 1.82) is 0 Å². The van der Waals surface area contributed by atoms with E-state index < -0.39 is 12.2 Å². The van der Waals surface area contributed by atoms with Crippen molar-refractivity contribution in [1.82, 2.24) is 10.6 Å². The number of aryl methyl sites for hydroxylation is 2. The summed E-state index contributed by atoms with van der Waals surface area (Å²) in [4.78, 5) is 24.3. The van der Waals surface area contributed by atoms with E-state index in [1.807, 2.05) is 62.4 Å². The van der Waals surface area contributed by atoms with E-state index in [1.165, 1.54) is 0 Å². The maximum absolute atomic E-state index is 12.1. The zero-order chi connectivity index (χ0) is 20.5. The van der Waals surface area contributed by atoms with Gasteiger partial charge in [-0.25, -0.2) is 0 Å². The van der Waals surface area contributed by atoms with Gasteiger partial charge in [-0.15, -0.1) is 0 Å². The predicted octanol–water partition coefficient (Wildman–Crippen LogP) is 2.77.